The van der Waals surface area contributed by atoms with Crippen LogP contribution < -0.4 is 15.5 Å². The molecule has 2 rings (SSSR count). The molecule has 1 aromatic heterocycles. The maximum Gasteiger partial charge on any atom is 0.242 e. The fraction of sp³-hybridized carbons (Fsp3) is 0.500. The van der Waals surface area contributed by atoms with Crippen molar-refractivity contribution < 1.29 is 13.6 Å². The van der Waals surface area contributed by atoms with Gasteiger partial charge in [0, 0.05) is 25.7 Å². The lowest BCUT2D eigenvalue weighted by atomic mass is 10.2. The van der Waals surface area contributed by atoms with Crippen molar-refractivity contribution in [1.29, 1.82) is 0 Å². The molecule has 5 nitrogen and oxygen atoms in total. The number of rotatable bonds is 3. The molecular weight excluding hydrogens is 254 g/mol. The Hall–Kier alpha value is -1.92. The lowest BCUT2D eigenvalue weighted by Gasteiger charge is -2.34. The van der Waals surface area contributed by atoms with Crippen molar-refractivity contribution in [3.63, 3.8) is 0 Å². The van der Waals surface area contributed by atoms with Gasteiger partial charge < -0.3 is 15.5 Å². The number of pyridine rings is 1. The Morgan fingerprint density at radius 2 is 2.26 bits per heavy atom. The van der Waals surface area contributed by atoms with Gasteiger partial charge in [-0.15, -0.1) is 0 Å². The quantitative estimate of drug-likeness (QED) is 0.864. The summed E-state index contributed by atoms with van der Waals surface area (Å²) in [6.45, 7) is 4.78. The number of hydrogen-bond donors (Lipinski definition) is 2. The molecule has 1 atom stereocenters. The number of piperazine rings is 1. The molecule has 2 heterocycles. The first-order valence-electron chi connectivity index (χ1n) is 6.18. The summed E-state index contributed by atoms with van der Waals surface area (Å²) in [5.41, 5.74) is 0. The molecule has 0 saturated carbocycles. The third-order valence-corrected chi connectivity index (χ3v) is 3.03. The average Bonchev–Trinajstić information content (AvgIpc) is 2.37. The number of carbonyl (C=O) groups is 1. The summed E-state index contributed by atoms with van der Waals surface area (Å²) in [4.78, 5) is 17.1. The van der Waals surface area contributed by atoms with Crippen LogP contribution in [0.1, 0.15) is 13.8 Å². The van der Waals surface area contributed by atoms with E-state index in [1.807, 2.05) is 0 Å². The van der Waals surface area contributed by atoms with Crippen LogP contribution in [0, 0.1) is 11.6 Å². The van der Waals surface area contributed by atoms with Crippen LogP contribution in [0.15, 0.2) is 6.07 Å². The maximum atomic E-state index is 13.9. The van der Waals surface area contributed by atoms with Crippen LogP contribution in [0.25, 0.3) is 0 Å². The highest BCUT2D eigenvalue weighted by Gasteiger charge is 2.29. The highest BCUT2D eigenvalue weighted by molar-refractivity contribution is 5.85. The molecule has 0 radical (unpaired) electrons. The Morgan fingerprint density at radius 3 is 2.95 bits per heavy atom. The lowest BCUT2D eigenvalue weighted by Crippen LogP contribution is -2.54. The summed E-state index contributed by atoms with van der Waals surface area (Å²) in [6, 6.07) is 0.259. The van der Waals surface area contributed by atoms with Crippen LogP contribution in [0.2, 0.25) is 0 Å². The van der Waals surface area contributed by atoms with Crippen molar-refractivity contribution in [3.8, 4) is 0 Å². The molecule has 7 heteroatoms. The first-order chi connectivity index (χ1) is 9.04. The Kier molecular flexibility index (Phi) is 3.82. The van der Waals surface area contributed by atoms with E-state index in [0.717, 1.165) is 6.07 Å². The largest absolute Gasteiger partial charge is 0.368 e. The van der Waals surface area contributed by atoms with Crippen molar-refractivity contribution in [2.45, 2.75) is 19.9 Å². The summed E-state index contributed by atoms with van der Waals surface area (Å²) in [6.07, 6.45) is 0. The summed E-state index contributed by atoms with van der Waals surface area (Å²) in [7, 11) is 0. The second-order valence-corrected chi connectivity index (χ2v) is 4.31. The highest BCUT2D eigenvalue weighted by atomic mass is 19.1. The first kappa shape index (κ1) is 13.5. The Morgan fingerprint density at radius 1 is 1.53 bits per heavy atom. The van der Waals surface area contributed by atoms with Gasteiger partial charge in [-0.3, -0.25) is 4.79 Å². The molecule has 1 fully saturated rings. The van der Waals surface area contributed by atoms with E-state index in [1.165, 1.54) is 4.90 Å². The van der Waals surface area contributed by atoms with Crippen molar-refractivity contribution in [3.05, 3.63) is 17.7 Å². The zero-order valence-electron chi connectivity index (χ0n) is 10.8. The Bertz CT molecular complexity index is 495. The Labute approximate surface area is 110 Å². The summed E-state index contributed by atoms with van der Waals surface area (Å²) in [5.74, 6) is -1.70. The van der Waals surface area contributed by atoms with Crippen molar-refractivity contribution in [1.82, 2.24) is 10.3 Å². The molecule has 0 spiro atoms. The number of amides is 1. The van der Waals surface area contributed by atoms with Crippen molar-refractivity contribution >= 4 is 17.5 Å². The molecule has 1 saturated heterocycles. The highest BCUT2D eigenvalue weighted by Crippen LogP contribution is 2.24. The van der Waals surface area contributed by atoms with Crippen LogP contribution in [0.4, 0.5) is 20.4 Å². The van der Waals surface area contributed by atoms with E-state index in [4.69, 9.17) is 0 Å². The molecule has 1 aliphatic heterocycles. The van der Waals surface area contributed by atoms with Gasteiger partial charge in [0.25, 0.3) is 0 Å². The van der Waals surface area contributed by atoms with E-state index < -0.39 is 17.7 Å². The van der Waals surface area contributed by atoms with Gasteiger partial charge in [-0.2, -0.15) is 0 Å². The predicted octanol–water partition coefficient (Wildman–Crippen LogP) is 1.12. The van der Waals surface area contributed by atoms with E-state index in [9.17, 15) is 13.6 Å². The molecule has 19 heavy (non-hydrogen) atoms. The number of hydrogen-bond acceptors (Lipinski definition) is 4. The zero-order valence-corrected chi connectivity index (χ0v) is 10.8. The van der Waals surface area contributed by atoms with Gasteiger partial charge in [0.2, 0.25) is 5.91 Å². The van der Waals surface area contributed by atoms with Gasteiger partial charge in [-0.25, -0.2) is 13.8 Å². The molecule has 104 valence electrons. The molecule has 1 unspecified atom stereocenters. The van der Waals surface area contributed by atoms with Crippen LogP contribution in [-0.2, 0) is 4.79 Å². The standard InChI is InChI=1S/C12H16F2N4O/c1-3-15-10-8(13)6-9(14)11(17-10)18-5-4-16-12(19)7(18)2/h6-7H,3-5H2,1-2H3,(H,15,17)(H,16,19). The minimum atomic E-state index is -0.763. The molecule has 1 amide bonds. The summed E-state index contributed by atoms with van der Waals surface area (Å²) < 4.78 is 27.3. The number of anilines is 2. The van der Waals surface area contributed by atoms with Crippen LogP contribution in [-0.4, -0.2) is 36.6 Å². The van der Waals surface area contributed by atoms with Gasteiger partial charge >= 0.3 is 0 Å². The van der Waals surface area contributed by atoms with Crippen LogP contribution in [0.5, 0.6) is 0 Å². The number of carbonyl (C=O) groups excluding carboxylic acids is 1. The zero-order chi connectivity index (χ0) is 14.0. The Balaban J connectivity index is 2.37. The van der Waals surface area contributed by atoms with E-state index in [-0.39, 0.29) is 17.5 Å². The SMILES string of the molecule is CCNc1nc(N2CCNC(=O)C2C)c(F)cc1F. The fourth-order valence-corrected chi connectivity index (χ4v) is 2.02. The molecular formula is C12H16F2N4O. The van der Waals surface area contributed by atoms with E-state index >= 15 is 0 Å². The third kappa shape index (κ3) is 2.59. The van der Waals surface area contributed by atoms with Gasteiger partial charge in [0.15, 0.2) is 23.3 Å². The monoisotopic (exact) mass is 270 g/mol. The topological polar surface area (TPSA) is 57.3 Å². The number of nitrogens with one attached hydrogen (secondary N) is 2. The van der Waals surface area contributed by atoms with Gasteiger partial charge in [-0.05, 0) is 13.8 Å². The minimum Gasteiger partial charge on any atom is -0.368 e. The first-order valence-corrected chi connectivity index (χ1v) is 6.18. The number of aromatic nitrogens is 1. The molecule has 1 aromatic rings. The molecule has 0 aliphatic carbocycles. The van der Waals surface area contributed by atoms with Crippen LogP contribution in [0.3, 0.4) is 0 Å². The minimum absolute atomic E-state index is 0.000278. The molecule has 0 aromatic carbocycles. The van der Waals surface area contributed by atoms with E-state index in [1.54, 1.807) is 13.8 Å². The molecule has 0 bridgehead atoms. The van der Waals surface area contributed by atoms with E-state index in [0.29, 0.717) is 19.6 Å². The van der Waals surface area contributed by atoms with Crippen molar-refractivity contribution in [2.75, 3.05) is 29.9 Å². The van der Waals surface area contributed by atoms with Gasteiger partial charge in [0.1, 0.15) is 6.04 Å². The second-order valence-electron chi connectivity index (χ2n) is 4.31. The fourth-order valence-electron chi connectivity index (χ4n) is 2.02. The van der Waals surface area contributed by atoms with Crippen molar-refractivity contribution in [2.24, 2.45) is 0 Å². The second kappa shape index (κ2) is 5.38. The summed E-state index contributed by atoms with van der Waals surface area (Å²) >= 11 is 0. The predicted molar refractivity (Wildman–Crippen MR) is 68.1 cm³/mol. The van der Waals surface area contributed by atoms with Gasteiger partial charge in [0.05, 0.1) is 0 Å². The molecule has 1 aliphatic rings. The third-order valence-electron chi connectivity index (χ3n) is 3.03. The van der Waals surface area contributed by atoms with E-state index in [2.05, 4.69) is 15.6 Å². The van der Waals surface area contributed by atoms with Gasteiger partial charge in [-0.1, -0.05) is 0 Å². The van der Waals surface area contributed by atoms with Crippen LogP contribution >= 0.6 is 0 Å². The number of halogens is 2. The average molecular weight is 270 g/mol. The number of nitrogens with zero attached hydrogens (tertiary/aromatic N) is 2. The smallest absolute Gasteiger partial charge is 0.242 e. The maximum absolute atomic E-state index is 13.9. The lowest BCUT2D eigenvalue weighted by molar-refractivity contribution is -0.122. The summed E-state index contributed by atoms with van der Waals surface area (Å²) in [5, 5.41) is 5.41. The normalized spacial score (nSPS) is 19.3. The molecule has 2 N–H and O–H groups in total.